The number of ether oxygens (including phenoxy) is 4. The maximum Gasteiger partial charge on any atom is 0.303 e. The summed E-state index contributed by atoms with van der Waals surface area (Å²) in [7, 11) is 0. The fraction of sp³-hybridized carbons (Fsp3) is 0.633. The average Bonchev–Trinajstić information content (AvgIpc) is 3.00. The van der Waals surface area contributed by atoms with Gasteiger partial charge in [-0.3, -0.25) is 4.79 Å². The van der Waals surface area contributed by atoms with Crippen LogP contribution in [0.2, 0.25) is 0 Å². The van der Waals surface area contributed by atoms with Crippen LogP contribution in [0.3, 0.4) is 0 Å². The van der Waals surface area contributed by atoms with Crippen molar-refractivity contribution in [3.63, 3.8) is 0 Å². The predicted molar refractivity (Wildman–Crippen MR) is 159 cm³/mol. The van der Waals surface area contributed by atoms with Gasteiger partial charge in [0.15, 0.2) is 0 Å². The molecule has 0 aromatic carbocycles. The van der Waals surface area contributed by atoms with Crippen LogP contribution in [-0.2, 0) is 31.8 Å². The quantitative estimate of drug-likeness (QED) is 0.0761. The second-order valence-corrected chi connectivity index (χ2v) is 10.2. The van der Waals surface area contributed by atoms with Crippen LogP contribution >= 0.6 is 0 Å². The lowest BCUT2D eigenvalue weighted by Gasteiger charge is -2.17. The molecule has 0 aliphatic carbocycles. The Hall–Kier alpha value is -3.44. The Labute approximate surface area is 247 Å². The molecule has 42 heavy (non-hydrogen) atoms. The third kappa shape index (κ3) is 13.5. The zero-order chi connectivity index (χ0) is 29.7. The third-order valence-electron chi connectivity index (χ3n) is 6.96. The Morgan fingerprint density at radius 2 is 1.76 bits per heavy atom. The molecule has 1 aliphatic heterocycles. The summed E-state index contributed by atoms with van der Waals surface area (Å²) in [6.07, 6.45) is 10.1. The van der Waals surface area contributed by atoms with Gasteiger partial charge in [-0.1, -0.05) is 36.5 Å². The highest BCUT2D eigenvalue weighted by molar-refractivity contribution is 5.68. The van der Waals surface area contributed by atoms with Crippen LogP contribution in [0.25, 0.3) is 10.4 Å². The molecule has 12 heteroatoms. The number of hydrogen-bond acceptors (Lipinski definition) is 9. The molecule has 0 saturated carbocycles. The second-order valence-electron chi connectivity index (χ2n) is 10.2. The normalized spacial score (nSPS) is 13.0. The van der Waals surface area contributed by atoms with Gasteiger partial charge in [0, 0.05) is 36.0 Å². The van der Waals surface area contributed by atoms with E-state index >= 15 is 0 Å². The molecule has 0 amide bonds. The highest BCUT2D eigenvalue weighted by Crippen LogP contribution is 2.27. The van der Waals surface area contributed by atoms with E-state index in [-0.39, 0.29) is 12.3 Å². The summed E-state index contributed by atoms with van der Waals surface area (Å²) in [5.41, 5.74) is 11.5. The Bertz CT molecular complexity index is 1100. The summed E-state index contributed by atoms with van der Waals surface area (Å²) in [6, 6.07) is 8.05. The van der Waals surface area contributed by atoms with Crippen molar-refractivity contribution in [2.75, 3.05) is 64.7 Å². The van der Waals surface area contributed by atoms with Crippen molar-refractivity contribution in [1.29, 1.82) is 0 Å². The van der Waals surface area contributed by atoms with Gasteiger partial charge >= 0.3 is 5.97 Å². The Kier molecular flexibility index (Phi) is 16.1. The summed E-state index contributed by atoms with van der Waals surface area (Å²) >= 11 is 0. The first-order valence-electron chi connectivity index (χ1n) is 14.9. The fourth-order valence-corrected chi connectivity index (χ4v) is 4.77. The summed E-state index contributed by atoms with van der Waals surface area (Å²) in [5.74, 6) is 0.662. The predicted octanol–water partition coefficient (Wildman–Crippen LogP) is 5.33. The van der Waals surface area contributed by atoms with E-state index in [0.29, 0.717) is 58.7 Å². The molecule has 0 saturated heterocycles. The van der Waals surface area contributed by atoms with Crippen LogP contribution in [0.15, 0.2) is 35.6 Å². The number of rotatable bonds is 23. The third-order valence-corrected chi connectivity index (χ3v) is 6.96. The molecule has 0 spiro atoms. The first kappa shape index (κ1) is 33.1. The number of pyridine rings is 2. The molecule has 2 aromatic rings. The van der Waals surface area contributed by atoms with Crippen molar-refractivity contribution >= 4 is 11.8 Å². The Balaban J connectivity index is 1.25. The van der Waals surface area contributed by atoms with Gasteiger partial charge in [-0.25, -0.2) is 9.97 Å². The number of nitrogens with zero attached hydrogens (tertiary/aromatic N) is 5. The van der Waals surface area contributed by atoms with E-state index in [4.69, 9.17) is 29.5 Å². The topological polar surface area (TPSA) is 161 Å². The molecule has 1 atom stereocenters. The molecule has 0 radical (unpaired) electrons. The fourth-order valence-electron chi connectivity index (χ4n) is 4.77. The monoisotopic (exact) mass is 584 g/mol. The molecular weight excluding hydrogens is 540 g/mol. The molecule has 2 N–H and O–H groups in total. The van der Waals surface area contributed by atoms with E-state index in [1.807, 2.05) is 6.07 Å². The number of anilines is 1. The van der Waals surface area contributed by atoms with Crippen molar-refractivity contribution in [2.24, 2.45) is 5.11 Å². The molecule has 230 valence electrons. The number of hydrogen-bond donors (Lipinski definition) is 2. The number of carbonyl (C=O) groups is 1. The lowest BCUT2D eigenvalue weighted by Crippen LogP contribution is -2.14. The number of carboxylic acid groups (broad SMARTS) is 1. The van der Waals surface area contributed by atoms with Gasteiger partial charge in [0.2, 0.25) is 5.88 Å². The number of aromatic nitrogens is 2. The minimum atomic E-state index is -0.800. The lowest BCUT2D eigenvalue weighted by atomic mass is 9.91. The zero-order valence-electron chi connectivity index (χ0n) is 24.4. The number of azide groups is 1. The van der Waals surface area contributed by atoms with E-state index < -0.39 is 5.97 Å². The van der Waals surface area contributed by atoms with Gasteiger partial charge in [-0.05, 0) is 60.7 Å². The van der Waals surface area contributed by atoms with Crippen LogP contribution < -0.4 is 10.1 Å². The van der Waals surface area contributed by atoms with Crippen LogP contribution in [-0.4, -0.2) is 80.4 Å². The molecule has 12 nitrogen and oxygen atoms in total. The zero-order valence-corrected chi connectivity index (χ0v) is 24.4. The number of aliphatic carboxylic acids is 1. The average molecular weight is 585 g/mol. The highest BCUT2D eigenvalue weighted by atomic mass is 16.6. The molecule has 0 fully saturated rings. The van der Waals surface area contributed by atoms with Gasteiger partial charge in [0.05, 0.1) is 46.1 Å². The van der Waals surface area contributed by atoms with Gasteiger partial charge in [0.25, 0.3) is 0 Å². The minimum Gasteiger partial charge on any atom is -0.481 e. The van der Waals surface area contributed by atoms with E-state index in [9.17, 15) is 9.90 Å². The Morgan fingerprint density at radius 3 is 2.50 bits per heavy atom. The van der Waals surface area contributed by atoms with E-state index in [1.165, 1.54) is 12.0 Å². The summed E-state index contributed by atoms with van der Waals surface area (Å²) in [6.45, 7) is 4.21. The largest absolute Gasteiger partial charge is 0.481 e. The van der Waals surface area contributed by atoms with Crippen molar-refractivity contribution in [3.8, 4) is 5.88 Å². The molecule has 0 bridgehead atoms. The number of aryl methyl sites for hydroxylation is 2. The number of unbranched alkanes of at least 4 members (excludes halogenated alkanes) is 3. The molecule has 3 heterocycles. The van der Waals surface area contributed by atoms with Crippen LogP contribution in [0, 0.1) is 0 Å². The Morgan fingerprint density at radius 1 is 1.00 bits per heavy atom. The van der Waals surface area contributed by atoms with Gasteiger partial charge < -0.3 is 29.4 Å². The van der Waals surface area contributed by atoms with Crippen molar-refractivity contribution in [2.45, 2.75) is 63.7 Å². The molecule has 1 aliphatic rings. The van der Waals surface area contributed by atoms with Gasteiger partial charge in [0.1, 0.15) is 12.4 Å². The molecule has 0 unspecified atom stereocenters. The van der Waals surface area contributed by atoms with Crippen LogP contribution in [0.5, 0.6) is 5.88 Å². The SMILES string of the molecule is [N-]=[N+]=NCCOCCOCCOCCOc1ccc([C@@H](CCCCCCc2ccc3c(n2)NCCC3)CC(=O)O)cn1. The number of nitrogens with one attached hydrogen (secondary N) is 1. The number of fused-ring (bicyclic) bond motifs is 1. The summed E-state index contributed by atoms with van der Waals surface area (Å²) < 4.78 is 21.8. The first-order valence-corrected chi connectivity index (χ1v) is 14.9. The van der Waals surface area contributed by atoms with E-state index in [0.717, 1.165) is 68.6 Å². The van der Waals surface area contributed by atoms with Crippen LogP contribution in [0.4, 0.5) is 5.82 Å². The van der Waals surface area contributed by atoms with Crippen molar-refractivity contribution in [3.05, 3.63) is 57.7 Å². The second kappa shape index (κ2) is 20.4. The maximum atomic E-state index is 11.5. The van der Waals surface area contributed by atoms with E-state index in [1.54, 1.807) is 12.3 Å². The van der Waals surface area contributed by atoms with Crippen LogP contribution in [0.1, 0.15) is 67.7 Å². The summed E-state index contributed by atoms with van der Waals surface area (Å²) in [5, 5.41) is 16.2. The van der Waals surface area contributed by atoms with Crippen molar-refractivity contribution in [1.82, 2.24) is 9.97 Å². The van der Waals surface area contributed by atoms with Gasteiger partial charge in [-0.15, -0.1) is 0 Å². The van der Waals surface area contributed by atoms with E-state index in [2.05, 4.69) is 32.5 Å². The van der Waals surface area contributed by atoms with Crippen molar-refractivity contribution < 1.29 is 28.8 Å². The molecular formula is C30H44N6O6. The summed E-state index contributed by atoms with van der Waals surface area (Å²) in [4.78, 5) is 23.3. The minimum absolute atomic E-state index is 0.0720. The smallest absolute Gasteiger partial charge is 0.303 e. The first-order chi connectivity index (χ1) is 20.7. The molecule has 3 rings (SSSR count). The highest BCUT2D eigenvalue weighted by Gasteiger charge is 2.16. The van der Waals surface area contributed by atoms with Gasteiger partial charge in [-0.2, -0.15) is 0 Å². The lowest BCUT2D eigenvalue weighted by molar-refractivity contribution is -0.137. The maximum absolute atomic E-state index is 11.5. The number of carboxylic acids is 1. The standard InChI is InChI=1S/C30H44N6O6/c31-36-34-14-15-39-16-17-40-18-19-41-20-21-42-28-12-10-26(23-33-28)25(22-29(37)38)6-3-1-2-4-8-27-11-9-24-7-5-13-32-30(24)35-27/h9-12,23,25H,1-8,13-22H2,(H,32,35)(H,37,38)/t25-/m0/s1. The molecule has 2 aromatic heterocycles.